The fourth-order valence-electron chi connectivity index (χ4n) is 3.05. The van der Waals surface area contributed by atoms with Crippen molar-refractivity contribution >= 4 is 27.6 Å². The van der Waals surface area contributed by atoms with E-state index in [0.717, 1.165) is 25.9 Å². The summed E-state index contributed by atoms with van der Waals surface area (Å²) in [6.07, 6.45) is 2.02. The second-order valence-corrected chi connectivity index (χ2v) is 5.54. The monoisotopic (exact) mass is 301 g/mol. The van der Waals surface area contributed by atoms with Gasteiger partial charge in [0.2, 0.25) is 5.43 Å². The first-order valence-electron chi connectivity index (χ1n) is 7.25. The topological polar surface area (TPSA) is 33.5 Å². The molecule has 0 amide bonds. The van der Waals surface area contributed by atoms with E-state index in [9.17, 15) is 13.6 Å². The van der Waals surface area contributed by atoms with Gasteiger partial charge in [0.05, 0.1) is 16.5 Å². The maximum atomic E-state index is 14.3. The lowest BCUT2D eigenvalue weighted by Crippen LogP contribution is -2.19. The van der Waals surface area contributed by atoms with Crippen LogP contribution in [0.1, 0.15) is 12.8 Å². The van der Waals surface area contributed by atoms with Gasteiger partial charge in [-0.3, -0.25) is 4.79 Å². The normalized spacial score (nSPS) is 15.1. The average Bonchev–Trinajstić information content (AvgIpc) is 3.03. The van der Waals surface area contributed by atoms with Gasteiger partial charge in [-0.25, -0.2) is 8.78 Å². The molecule has 0 saturated carbocycles. The molecule has 0 N–H and O–H groups in total. The summed E-state index contributed by atoms with van der Waals surface area (Å²) < 4.78 is 33.7. The molecule has 2 heterocycles. The number of para-hydroxylation sites is 1. The van der Waals surface area contributed by atoms with Gasteiger partial charge in [-0.2, -0.15) is 0 Å². The van der Waals surface area contributed by atoms with Gasteiger partial charge in [0.1, 0.15) is 11.4 Å². The van der Waals surface area contributed by atoms with Crippen LogP contribution in [0.15, 0.2) is 39.5 Å². The Morgan fingerprint density at radius 3 is 2.55 bits per heavy atom. The van der Waals surface area contributed by atoms with Gasteiger partial charge in [0.15, 0.2) is 11.4 Å². The second kappa shape index (κ2) is 4.80. The van der Waals surface area contributed by atoms with E-state index in [2.05, 4.69) is 0 Å². The molecule has 2 aromatic carbocycles. The number of halogens is 2. The first kappa shape index (κ1) is 13.2. The summed E-state index contributed by atoms with van der Waals surface area (Å²) in [6, 6.07) is 6.86. The molecule has 1 saturated heterocycles. The van der Waals surface area contributed by atoms with Crippen molar-refractivity contribution in [1.29, 1.82) is 0 Å². The largest absolute Gasteiger partial charge is 0.453 e. The quantitative estimate of drug-likeness (QED) is 0.641. The van der Waals surface area contributed by atoms with Crippen LogP contribution in [0.3, 0.4) is 0 Å². The summed E-state index contributed by atoms with van der Waals surface area (Å²) >= 11 is 0. The summed E-state index contributed by atoms with van der Waals surface area (Å²) in [4.78, 5) is 14.3. The highest BCUT2D eigenvalue weighted by Gasteiger charge is 2.19. The molecule has 1 aliphatic rings. The van der Waals surface area contributed by atoms with Crippen LogP contribution in [0.2, 0.25) is 0 Å². The lowest BCUT2D eigenvalue weighted by Gasteiger charge is -2.18. The third-order valence-corrected chi connectivity index (χ3v) is 4.16. The Morgan fingerprint density at radius 2 is 1.77 bits per heavy atom. The molecule has 0 atom stereocenters. The van der Waals surface area contributed by atoms with Gasteiger partial charge in [-0.05, 0) is 31.0 Å². The molecule has 5 heteroatoms. The number of anilines is 1. The molecule has 3 nitrogen and oxygen atoms in total. The zero-order chi connectivity index (χ0) is 15.3. The number of rotatable bonds is 1. The van der Waals surface area contributed by atoms with Gasteiger partial charge in [0, 0.05) is 19.2 Å². The zero-order valence-electron chi connectivity index (χ0n) is 11.7. The molecule has 0 spiro atoms. The van der Waals surface area contributed by atoms with E-state index < -0.39 is 17.1 Å². The smallest absolute Gasteiger partial charge is 0.200 e. The van der Waals surface area contributed by atoms with Crippen LogP contribution in [-0.2, 0) is 0 Å². The number of nitrogens with zero attached hydrogens (tertiary/aromatic N) is 1. The predicted octanol–water partition coefficient (Wildman–Crippen LogP) is 3.82. The predicted molar refractivity (Wildman–Crippen MR) is 81.4 cm³/mol. The maximum Gasteiger partial charge on any atom is 0.200 e. The molecule has 1 aromatic heterocycles. The molecular weight excluding hydrogens is 288 g/mol. The molecule has 1 fully saturated rings. The number of fused-ring (bicyclic) bond motifs is 2. The molecule has 0 radical (unpaired) electrons. The molecule has 0 aliphatic carbocycles. The molecule has 22 heavy (non-hydrogen) atoms. The van der Waals surface area contributed by atoms with Gasteiger partial charge in [-0.1, -0.05) is 6.07 Å². The van der Waals surface area contributed by atoms with Crippen molar-refractivity contribution in [3.05, 3.63) is 52.2 Å². The first-order chi connectivity index (χ1) is 10.6. The lowest BCUT2D eigenvalue weighted by atomic mass is 10.1. The minimum atomic E-state index is -0.594. The number of hydrogen-bond donors (Lipinski definition) is 0. The number of benzene rings is 2. The molecular formula is C17H13F2NO2. The van der Waals surface area contributed by atoms with E-state index in [1.165, 1.54) is 30.3 Å². The van der Waals surface area contributed by atoms with Crippen LogP contribution in [-0.4, -0.2) is 13.1 Å². The third kappa shape index (κ3) is 1.89. The Balaban J connectivity index is 2.05. The highest BCUT2D eigenvalue weighted by atomic mass is 19.1. The lowest BCUT2D eigenvalue weighted by molar-refractivity contribution is 0.577. The van der Waals surface area contributed by atoms with E-state index in [-0.39, 0.29) is 21.9 Å². The van der Waals surface area contributed by atoms with Gasteiger partial charge < -0.3 is 9.32 Å². The van der Waals surface area contributed by atoms with Crippen molar-refractivity contribution in [3.8, 4) is 0 Å². The Morgan fingerprint density at radius 1 is 1.00 bits per heavy atom. The minimum Gasteiger partial charge on any atom is -0.453 e. The summed E-state index contributed by atoms with van der Waals surface area (Å²) in [7, 11) is 0. The van der Waals surface area contributed by atoms with Crippen molar-refractivity contribution in [3.63, 3.8) is 0 Å². The van der Waals surface area contributed by atoms with Crippen molar-refractivity contribution in [2.75, 3.05) is 18.0 Å². The molecule has 0 bridgehead atoms. The average molecular weight is 301 g/mol. The van der Waals surface area contributed by atoms with Gasteiger partial charge in [-0.15, -0.1) is 0 Å². The van der Waals surface area contributed by atoms with Crippen LogP contribution in [0.4, 0.5) is 14.5 Å². The standard InChI is InChI=1S/C17H13F2NO2/c18-12-5-3-4-10-16(21)11-8-13(19)14(20-6-1-2-7-20)9-15(11)22-17(10)12/h3-5,8-9H,1-2,6-7H2. The van der Waals surface area contributed by atoms with Crippen molar-refractivity contribution < 1.29 is 13.2 Å². The van der Waals surface area contributed by atoms with E-state index in [4.69, 9.17) is 4.42 Å². The van der Waals surface area contributed by atoms with E-state index in [1.54, 1.807) is 0 Å². The first-order valence-corrected chi connectivity index (χ1v) is 7.25. The Kier molecular flexibility index (Phi) is 2.89. The van der Waals surface area contributed by atoms with Crippen LogP contribution < -0.4 is 10.3 Å². The van der Waals surface area contributed by atoms with Crippen LogP contribution in [0.25, 0.3) is 21.9 Å². The van der Waals surface area contributed by atoms with E-state index in [0.29, 0.717) is 5.69 Å². The fourth-order valence-corrected chi connectivity index (χ4v) is 3.05. The van der Waals surface area contributed by atoms with Crippen molar-refractivity contribution in [1.82, 2.24) is 0 Å². The third-order valence-electron chi connectivity index (χ3n) is 4.16. The Hall–Kier alpha value is -2.43. The Bertz CT molecular complexity index is 943. The van der Waals surface area contributed by atoms with Gasteiger partial charge >= 0.3 is 0 Å². The molecule has 1 aliphatic heterocycles. The molecule has 4 rings (SSSR count). The summed E-state index contributed by atoms with van der Waals surface area (Å²) in [5, 5.41) is 0.263. The van der Waals surface area contributed by atoms with Crippen LogP contribution >= 0.6 is 0 Å². The van der Waals surface area contributed by atoms with Crippen LogP contribution in [0.5, 0.6) is 0 Å². The SMILES string of the molecule is O=c1c2cc(F)c(N3CCCC3)cc2oc2c(F)cccc12. The van der Waals surface area contributed by atoms with Crippen molar-refractivity contribution in [2.45, 2.75) is 12.8 Å². The van der Waals surface area contributed by atoms with Crippen molar-refractivity contribution in [2.24, 2.45) is 0 Å². The Labute approximate surface area is 124 Å². The highest BCUT2D eigenvalue weighted by molar-refractivity contribution is 5.91. The minimum absolute atomic E-state index is 0.0843. The molecule has 112 valence electrons. The summed E-state index contributed by atoms with van der Waals surface area (Å²) in [5.74, 6) is -1.04. The second-order valence-electron chi connectivity index (χ2n) is 5.54. The van der Waals surface area contributed by atoms with Gasteiger partial charge in [0.25, 0.3) is 0 Å². The van der Waals surface area contributed by atoms with E-state index in [1.807, 2.05) is 4.90 Å². The fraction of sp³-hybridized carbons (Fsp3) is 0.235. The van der Waals surface area contributed by atoms with Crippen LogP contribution in [0, 0.1) is 11.6 Å². The zero-order valence-corrected chi connectivity index (χ0v) is 11.7. The molecule has 3 aromatic rings. The molecule has 0 unspecified atom stereocenters. The van der Waals surface area contributed by atoms with E-state index >= 15 is 0 Å². The summed E-state index contributed by atoms with van der Waals surface area (Å²) in [5.41, 5.74) is 0.122. The number of hydrogen-bond acceptors (Lipinski definition) is 3. The maximum absolute atomic E-state index is 14.3. The highest BCUT2D eigenvalue weighted by Crippen LogP contribution is 2.29. The summed E-state index contributed by atoms with van der Waals surface area (Å²) in [6.45, 7) is 1.54.